The van der Waals surface area contributed by atoms with Gasteiger partial charge in [-0.25, -0.2) is 0 Å². The van der Waals surface area contributed by atoms with E-state index in [1.807, 2.05) is 12.1 Å². The van der Waals surface area contributed by atoms with Crippen LogP contribution in [0.15, 0.2) is 29.3 Å². The van der Waals surface area contributed by atoms with Gasteiger partial charge in [0.15, 0.2) is 5.96 Å². The molecule has 2 rings (SSSR count). The first-order valence-corrected chi connectivity index (χ1v) is 10.6. The van der Waals surface area contributed by atoms with Gasteiger partial charge in [0.25, 0.3) is 0 Å². The lowest BCUT2D eigenvalue weighted by Gasteiger charge is -2.27. The lowest BCUT2D eigenvalue weighted by atomic mass is 9.83. The van der Waals surface area contributed by atoms with Gasteiger partial charge in [-0.15, -0.1) is 0 Å². The average Bonchev–Trinajstić information content (AvgIpc) is 3.14. The second kappa shape index (κ2) is 11.9. The molecular formula is C22H37N3O2. The maximum atomic E-state index is 9.35. The fraction of sp³-hybridized carbons (Fsp3) is 0.682. The second-order valence-corrected chi connectivity index (χ2v) is 7.55. The molecule has 0 atom stereocenters. The number of hydrogen-bond acceptors (Lipinski definition) is 3. The molecule has 1 aromatic carbocycles. The first kappa shape index (κ1) is 21.5. The van der Waals surface area contributed by atoms with Crippen LogP contribution in [0, 0.1) is 5.41 Å². The van der Waals surface area contributed by atoms with Crippen LogP contribution in [-0.2, 0) is 11.2 Å². The number of aryl methyl sites for hydroxylation is 1. The predicted octanol–water partition coefficient (Wildman–Crippen LogP) is 3.87. The molecule has 5 nitrogen and oxygen atoms in total. The first-order valence-electron chi connectivity index (χ1n) is 10.6. The SMILES string of the molecule is CCNC(=NCC1(CCOCC)CCCC1)NCCCc1ccc(O)cc1. The number of phenols is 1. The van der Waals surface area contributed by atoms with E-state index in [0.717, 1.165) is 58.1 Å². The largest absolute Gasteiger partial charge is 0.508 e. The predicted molar refractivity (Wildman–Crippen MR) is 112 cm³/mol. The van der Waals surface area contributed by atoms with E-state index in [2.05, 4.69) is 24.5 Å². The Morgan fingerprint density at radius 3 is 2.56 bits per heavy atom. The van der Waals surface area contributed by atoms with E-state index in [1.54, 1.807) is 12.1 Å². The van der Waals surface area contributed by atoms with Crippen molar-refractivity contribution in [3.8, 4) is 5.75 Å². The van der Waals surface area contributed by atoms with Gasteiger partial charge in [-0.05, 0) is 69.1 Å². The van der Waals surface area contributed by atoms with Crippen LogP contribution in [-0.4, -0.2) is 43.9 Å². The van der Waals surface area contributed by atoms with Crippen LogP contribution in [0.1, 0.15) is 57.9 Å². The van der Waals surface area contributed by atoms with Gasteiger partial charge in [-0.3, -0.25) is 4.99 Å². The molecule has 5 heteroatoms. The molecule has 0 aromatic heterocycles. The number of nitrogens with one attached hydrogen (secondary N) is 2. The number of hydrogen-bond donors (Lipinski definition) is 3. The van der Waals surface area contributed by atoms with Gasteiger partial charge in [0.2, 0.25) is 0 Å². The van der Waals surface area contributed by atoms with Crippen molar-refractivity contribution in [2.75, 3.05) is 32.8 Å². The molecule has 0 radical (unpaired) electrons. The Hall–Kier alpha value is -1.75. The number of phenolic OH excluding ortho intramolecular Hbond substituents is 1. The highest BCUT2D eigenvalue weighted by atomic mass is 16.5. The van der Waals surface area contributed by atoms with Crippen LogP contribution in [0.2, 0.25) is 0 Å². The van der Waals surface area contributed by atoms with E-state index in [-0.39, 0.29) is 0 Å². The third kappa shape index (κ3) is 7.79. The summed E-state index contributed by atoms with van der Waals surface area (Å²) in [6, 6.07) is 7.46. The van der Waals surface area contributed by atoms with Gasteiger partial charge in [0.1, 0.15) is 5.75 Å². The highest BCUT2D eigenvalue weighted by molar-refractivity contribution is 5.79. The summed E-state index contributed by atoms with van der Waals surface area (Å²) >= 11 is 0. The number of guanidine groups is 1. The van der Waals surface area contributed by atoms with E-state index in [1.165, 1.54) is 31.2 Å². The van der Waals surface area contributed by atoms with E-state index in [4.69, 9.17) is 9.73 Å². The number of ether oxygens (including phenoxy) is 1. The smallest absolute Gasteiger partial charge is 0.191 e. The molecule has 0 amide bonds. The Balaban J connectivity index is 1.80. The highest BCUT2D eigenvalue weighted by Crippen LogP contribution is 2.41. The third-order valence-corrected chi connectivity index (χ3v) is 5.43. The van der Waals surface area contributed by atoms with Crippen LogP contribution >= 0.6 is 0 Å². The van der Waals surface area contributed by atoms with Crippen molar-refractivity contribution in [3.63, 3.8) is 0 Å². The number of benzene rings is 1. The number of aliphatic imine (C=N–C) groups is 1. The van der Waals surface area contributed by atoms with Gasteiger partial charge in [0, 0.05) is 32.8 Å². The zero-order valence-corrected chi connectivity index (χ0v) is 17.1. The quantitative estimate of drug-likeness (QED) is 0.312. The molecule has 1 saturated carbocycles. The van der Waals surface area contributed by atoms with Crippen molar-refractivity contribution in [3.05, 3.63) is 29.8 Å². The molecule has 0 heterocycles. The summed E-state index contributed by atoms with van der Waals surface area (Å²) in [7, 11) is 0. The van der Waals surface area contributed by atoms with E-state index in [9.17, 15) is 5.11 Å². The number of aromatic hydroxyl groups is 1. The number of rotatable bonds is 11. The van der Waals surface area contributed by atoms with E-state index in [0.29, 0.717) is 11.2 Å². The van der Waals surface area contributed by atoms with Crippen LogP contribution < -0.4 is 10.6 Å². The van der Waals surface area contributed by atoms with Crippen LogP contribution in [0.3, 0.4) is 0 Å². The molecule has 0 aliphatic heterocycles. The van der Waals surface area contributed by atoms with E-state index >= 15 is 0 Å². The van der Waals surface area contributed by atoms with Gasteiger partial charge in [-0.2, -0.15) is 0 Å². The van der Waals surface area contributed by atoms with Gasteiger partial charge >= 0.3 is 0 Å². The maximum absolute atomic E-state index is 9.35. The molecule has 0 unspecified atom stereocenters. The zero-order valence-electron chi connectivity index (χ0n) is 17.1. The lowest BCUT2D eigenvalue weighted by Crippen LogP contribution is -2.39. The Morgan fingerprint density at radius 1 is 1.15 bits per heavy atom. The molecule has 0 bridgehead atoms. The molecule has 1 fully saturated rings. The minimum Gasteiger partial charge on any atom is -0.508 e. The molecule has 27 heavy (non-hydrogen) atoms. The van der Waals surface area contributed by atoms with Crippen molar-refractivity contribution in [2.24, 2.45) is 10.4 Å². The van der Waals surface area contributed by atoms with Gasteiger partial charge < -0.3 is 20.5 Å². The fourth-order valence-corrected chi connectivity index (χ4v) is 3.80. The minimum atomic E-state index is 0.323. The Morgan fingerprint density at radius 2 is 1.89 bits per heavy atom. The van der Waals surface area contributed by atoms with Crippen LogP contribution in [0.5, 0.6) is 5.75 Å². The van der Waals surface area contributed by atoms with Gasteiger partial charge in [0.05, 0.1) is 0 Å². The van der Waals surface area contributed by atoms with Crippen molar-refractivity contribution < 1.29 is 9.84 Å². The maximum Gasteiger partial charge on any atom is 0.191 e. The molecule has 0 saturated heterocycles. The summed E-state index contributed by atoms with van der Waals surface area (Å²) in [5.74, 6) is 1.24. The van der Waals surface area contributed by atoms with Crippen LogP contribution in [0.25, 0.3) is 0 Å². The Bertz CT molecular complexity index is 551. The average molecular weight is 376 g/mol. The fourth-order valence-electron chi connectivity index (χ4n) is 3.80. The zero-order chi connectivity index (χ0) is 19.4. The second-order valence-electron chi connectivity index (χ2n) is 7.55. The first-order chi connectivity index (χ1) is 13.2. The van der Waals surface area contributed by atoms with Crippen molar-refractivity contribution in [1.29, 1.82) is 0 Å². The van der Waals surface area contributed by atoms with E-state index < -0.39 is 0 Å². The highest BCUT2D eigenvalue weighted by Gasteiger charge is 2.33. The molecule has 1 aliphatic rings. The topological polar surface area (TPSA) is 65.9 Å². The molecular weight excluding hydrogens is 338 g/mol. The van der Waals surface area contributed by atoms with Crippen molar-refractivity contribution >= 4 is 5.96 Å². The summed E-state index contributed by atoms with van der Waals surface area (Å²) in [6.45, 7) is 8.45. The summed E-state index contributed by atoms with van der Waals surface area (Å²) < 4.78 is 5.61. The standard InChI is InChI=1S/C22H37N3O2/c1-3-23-21(24-16-7-8-19-9-11-20(26)12-10-19)25-18-22(13-5-6-14-22)15-17-27-4-2/h9-12,26H,3-8,13-18H2,1-2H3,(H2,23,24,25). The number of nitrogens with zero attached hydrogens (tertiary/aromatic N) is 1. The molecule has 1 aromatic rings. The summed E-state index contributed by atoms with van der Waals surface area (Å²) in [5.41, 5.74) is 1.57. The minimum absolute atomic E-state index is 0.323. The van der Waals surface area contributed by atoms with Crippen LogP contribution in [0.4, 0.5) is 0 Å². The Labute approximate surface area is 164 Å². The molecule has 1 aliphatic carbocycles. The Kier molecular flexibility index (Phi) is 9.46. The summed E-state index contributed by atoms with van der Waals surface area (Å²) in [5, 5.41) is 16.2. The van der Waals surface area contributed by atoms with Gasteiger partial charge in [-0.1, -0.05) is 25.0 Å². The lowest BCUT2D eigenvalue weighted by molar-refractivity contribution is 0.107. The third-order valence-electron chi connectivity index (χ3n) is 5.43. The van der Waals surface area contributed by atoms with Crippen molar-refractivity contribution in [1.82, 2.24) is 10.6 Å². The van der Waals surface area contributed by atoms with Crippen molar-refractivity contribution in [2.45, 2.75) is 58.8 Å². The summed E-state index contributed by atoms with van der Waals surface area (Å²) in [4.78, 5) is 4.91. The summed E-state index contributed by atoms with van der Waals surface area (Å²) in [6.07, 6.45) is 8.31. The normalized spacial score (nSPS) is 16.4. The molecule has 152 valence electrons. The monoisotopic (exact) mass is 375 g/mol. The molecule has 3 N–H and O–H groups in total. The molecule has 0 spiro atoms.